The van der Waals surface area contributed by atoms with Crippen molar-refractivity contribution >= 4 is 27.3 Å². The van der Waals surface area contributed by atoms with Gasteiger partial charge in [-0.3, -0.25) is 4.79 Å². The second-order valence-corrected chi connectivity index (χ2v) is 5.90. The Morgan fingerprint density at radius 2 is 2.00 bits per heavy atom. The SMILES string of the molecule is NS(=O)(=O)c1ccc(CNC(=O)C(F)(F)F)s1. The largest absolute Gasteiger partial charge is 0.471 e. The number of carbonyl (C=O) groups is 1. The van der Waals surface area contributed by atoms with E-state index in [1.165, 1.54) is 6.07 Å². The van der Waals surface area contributed by atoms with Crippen molar-refractivity contribution in [3.8, 4) is 0 Å². The Morgan fingerprint density at radius 1 is 1.41 bits per heavy atom. The number of amides is 1. The van der Waals surface area contributed by atoms with Gasteiger partial charge in [0.25, 0.3) is 0 Å². The Balaban J connectivity index is 2.66. The average Bonchev–Trinajstić information content (AvgIpc) is 2.59. The van der Waals surface area contributed by atoms with Gasteiger partial charge in [0.2, 0.25) is 10.0 Å². The summed E-state index contributed by atoms with van der Waals surface area (Å²) in [6.45, 7) is -0.404. The number of carbonyl (C=O) groups excluding carboxylic acids is 1. The topological polar surface area (TPSA) is 89.3 Å². The molecule has 0 bridgehead atoms. The molecule has 0 atom stereocenters. The van der Waals surface area contributed by atoms with Crippen LogP contribution in [0.1, 0.15) is 4.88 Å². The molecule has 1 heterocycles. The van der Waals surface area contributed by atoms with Crippen LogP contribution in [0.5, 0.6) is 0 Å². The van der Waals surface area contributed by atoms with E-state index in [-0.39, 0.29) is 9.09 Å². The van der Waals surface area contributed by atoms with Crippen molar-refractivity contribution in [2.75, 3.05) is 0 Å². The molecule has 0 aliphatic carbocycles. The average molecular weight is 288 g/mol. The first-order valence-corrected chi connectivity index (χ1v) is 6.43. The number of hydrogen-bond donors (Lipinski definition) is 2. The van der Waals surface area contributed by atoms with Gasteiger partial charge < -0.3 is 5.32 Å². The zero-order valence-corrected chi connectivity index (χ0v) is 9.75. The molecular formula is C7H7F3N2O3S2. The second-order valence-electron chi connectivity index (χ2n) is 2.95. The maximum absolute atomic E-state index is 11.8. The molecule has 0 aliphatic heterocycles. The highest BCUT2D eigenvalue weighted by molar-refractivity contribution is 7.91. The Hall–Kier alpha value is -1.13. The molecule has 5 nitrogen and oxygen atoms in total. The number of sulfonamides is 1. The molecule has 1 aromatic rings. The maximum atomic E-state index is 11.8. The van der Waals surface area contributed by atoms with Gasteiger partial charge in [-0.2, -0.15) is 13.2 Å². The molecule has 0 saturated heterocycles. The molecule has 1 amide bonds. The molecule has 0 aromatic carbocycles. The van der Waals surface area contributed by atoms with Gasteiger partial charge in [-0.1, -0.05) is 0 Å². The second kappa shape index (κ2) is 4.63. The Bertz CT molecular complexity index is 521. The summed E-state index contributed by atoms with van der Waals surface area (Å²) < 4.78 is 57.0. The van der Waals surface area contributed by atoms with Gasteiger partial charge in [-0.15, -0.1) is 11.3 Å². The number of nitrogens with two attached hydrogens (primary N) is 1. The number of primary sulfonamides is 1. The molecule has 0 radical (unpaired) electrons. The number of hydrogen-bond acceptors (Lipinski definition) is 4. The van der Waals surface area contributed by atoms with E-state index in [1.54, 1.807) is 5.32 Å². The quantitative estimate of drug-likeness (QED) is 0.852. The third kappa shape index (κ3) is 3.98. The van der Waals surface area contributed by atoms with E-state index in [0.29, 0.717) is 11.3 Å². The molecule has 0 fully saturated rings. The van der Waals surface area contributed by atoms with E-state index < -0.39 is 28.7 Å². The summed E-state index contributed by atoms with van der Waals surface area (Å²) in [6, 6.07) is 2.44. The summed E-state index contributed by atoms with van der Waals surface area (Å²) in [5, 5.41) is 6.43. The predicted molar refractivity (Wildman–Crippen MR) is 53.6 cm³/mol. The van der Waals surface area contributed by atoms with Crippen LogP contribution in [0.4, 0.5) is 13.2 Å². The summed E-state index contributed by atoms with van der Waals surface area (Å²) in [5.41, 5.74) is 0. The highest BCUT2D eigenvalue weighted by Crippen LogP contribution is 2.20. The molecule has 1 rings (SSSR count). The lowest BCUT2D eigenvalue weighted by Gasteiger charge is -2.05. The Morgan fingerprint density at radius 3 is 2.41 bits per heavy atom. The van der Waals surface area contributed by atoms with Crippen LogP contribution in [0.25, 0.3) is 0 Å². The van der Waals surface area contributed by atoms with E-state index >= 15 is 0 Å². The molecule has 1 aromatic heterocycles. The lowest BCUT2D eigenvalue weighted by atomic mass is 10.4. The van der Waals surface area contributed by atoms with Crippen molar-refractivity contribution in [2.45, 2.75) is 16.9 Å². The molecular weight excluding hydrogens is 281 g/mol. The van der Waals surface area contributed by atoms with E-state index in [0.717, 1.165) is 6.07 Å². The monoisotopic (exact) mass is 288 g/mol. The van der Waals surface area contributed by atoms with Crippen molar-refractivity contribution in [1.29, 1.82) is 0 Å². The van der Waals surface area contributed by atoms with Gasteiger partial charge in [-0.25, -0.2) is 13.6 Å². The lowest BCUT2D eigenvalue weighted by Crippen LogP contribution is -2.36. The summed E-state index contributed by atoms with van der Waals surface area (Å²) in [5.74, 6) is -2.08. The zero-order chi connectivity index (χ0) is 13.3. The van der Waals surface area contributed by atoms with Gasteiger partial charge in [0.1, 0.15) is 4.21 Å². The minimum atomic E-state index is -4.96. The number of nitrogens with one attached hydrogen (secondary N) is 1. The van der Waals surface area contributed by atoms with Crippen LogP contribution in [0.3, 0.4) is 0 Å². The van der Waals surface area contributed by atoms with E-state index in [1.807, 2.05) is 0 Å². The van der Waals surface area contributed by atoms with E-state index in [2.05, 4.69) is 0 Å². The first-order valence-electron chi connectivity index (χ1n) is 4.07. The highest BCUT2D eigenvalue weighted by Gasteiger charge is 2.38. The summed E-state index contributed by atoms with van der Waals surface area (Å²) >= 11 is 0.697. The Labute approximate surface area is 98.5 Å². The molecule has 0 unspecified atom stereocenters. The summed E-state index contributed by atoms with van der Waals surface area (Å²) in [6.07, 6.45) is -4.96. The van der Waals surface area contributed by atoms with Gasteiger partial charge in [0.15, 0.2) is 0 Å². The van der Waals surface area contributed by atoms with Crippen molar-refractivity contribution in [1.82, 2.24) is 5.32 Å². The standard InChI is InChI=1S/C7H7F3N2O3S2/c8-7(9,10)6(13)12-3-4-1-2-5(16-4)17(11,14)15/h1-2H,3H2,(H,12,13)(H2,11,14,15). The van der Waals surface area contributed by atoms with Gasteiger partial charge in [0, 0.05) is 4.88 Å². The zero-order valence-electron chi connectivity index (χ0n) is 8.11. The van der Waals surface area contributed by atoms with Crippen LogP contribution in [0.15, 0.2) is 16.3 Å². The summed E-state index contributed by atoms with van der Waals surface area (Å²) in [4.78, 5) is 10.7. The van der Waals surface area contributed by atoms with Crippen molar-refractivity contribution in [2.24, 2.45) is 5.14 Å². The first kappa shape index (κ1) is 13.9. The van der Waals surface area contributed by atoms with Crippen LogP contribution >= 0.6 is 11.3 Å². The van der Waals surface area contributed by atoms with E-state index in [9.17, 15) is 26.4 Å². The number of rotatable bonds is 3. The Kier molecular flexibility index (Phi) is 3.79. The van der Waals surface area contributed by atoms with Crippen LogP contribution in [0, 0.1) is 0 Å². The smallest absolute Gasteiger partial charge is 0.343 e. The molecule has 10 heteroatoms. The van der Waals surface area contributed by atoms with Crippen molar-refractivity contribution in [3.05, 3.63) is 17.0 Å². The van der Waals surface area contributed by atoms with Crippen LogP contribution in [-0.4, -0.2) is 20.5 Å². The normalized spacial score (nSPS) is 12.5. The third-order valence-electron chi connectivity index (χ3n) is 1.60. The molecule has 96 valence electrons. The predicted octanol–water partition coefficient (Wildman–Crippen LogP) is 0.574. The number of halogens is 3. The number of thiophene rings is 1. The van der Waals surface area contributed by atoms with E-state index in [4.69, 9.17) is 5.14 Å². The molecule has 17 heavy (non-hydrogen) atoms. The maximum Gasteiger partial charge on any atom is 0.471 e. The minimum absolute atomic E-state index is 0.172. The fraction of sp³-hybridized carbons (Fsp3) is 0.286. The first-order chi connectivity index (χ1) is 7.60. The fourth-order valence-corrected chi connectivity index (χ4v) is 2.59. The molecule has 0 saturated carbocycles. The van der Waals surface area contributed by atoms with Crippen LogP contribution in [0.2, 0.25) is 0 Å². The minimum Gasteiger partial charge on any atom is -0.343 e. The van der Waals surface area contributed by atoms with Gasteiger partial charge in [0.05, 0.1) is 6.54 Å². The van der Waals surface area contributed by atoms with Crippen LogP contribution < -0.4 is 10.5 Å². The van der Waals surface area contributed by atoms with Gasteiger partial charge in [-0.05, 0) is 12.1 Å². The number of alkyl halides is 3. The molecule has 0 aliphatic rings. The van der Waals surface area contributed by atoms with Crippen molar-refractivity contribution < 1.29 is 26.4 Å². The molecule has 3 N–H and O–H groups in total. The fourth-order valence-electron chi connectivity index (χ4n) is 0.874. The highest BCUT2D eigenvalue weighted by atomic mass is 32.2. The van der Waals surface area contributed by atoms with Gasteiger partial charge >= 0.3 is 12.1 Å². The summed E-state index contributed by atoms with van der Waals surface area (Å²) in [7, 11) is -3.87. The lowest BCUT2D eigenvalue weighted by molar-refractivity contribution is -0.173. The van der Waals surface area contributed by atoms with Crippen LogP contribution in [-0.2, 0) is 21.4 Å². The third-order valence-corrected chi connectivity index (χ3v) is 4.12. The van der Waals surface area contributed by atoms with Crippen molar-refractivity contribution in [3.63, 3.8) is 0 Å². The molecule has 0 spiro atoms.